The topological polar surface area (TPSA) is 40.5 Å². The van der Waals surface area contributed by atoms with Crippen molar-refractivity contribution in [2.45, 2.75) is 26.3 Å². The van der Waals surface area contributed by atoms with E-state index in [0.717, 1.165) is 36.4 Å². The molecule has 1 aromatic carbocycles. The first-order valence-electron chi connectivity index (χ1n) is 7.72. The fraction of sp³-hybridized carbons (Fsp3) is 0.412. The molecule has 0 aliphatic heterocycles. The number of hydrogen-bond acceptors (Lipinski definition) is 3. The Balaban J connectivity index is 0.00000288. The average Bonchev–Trinajstić information content (AvgIpc) is 3.01. The lowest BCUT2D eigenvalue weighted by atomic mass is 10.2. The first-order valence-corrected chi connectivity index (χ1v) is 9.33. The molecule has 0 saturated heterocycles. The van der Waals surface area contributed by atoms with E-state index < -0.39 is 0 Å². The molecule has 0 fully saturated rings. The zero-order valence-electron chi connectivity index (χ0n) is 14.3. The molecule has 132 valence electrons. The van der Waals surface area contributed by atoms with Crippen molar-refractivity contribution in [1.82, 2.24) is 15.2 Å². The van der Waals surface area contributed by atoms with Crippen LogP contribution in [0.2, 0.25) is 0 Å². The van der Waals surface area contributed by atoms with Gasteiger partial charge in [-0.25, -0.2) is 4.98 Å². The van der Waals surface area contributed by atoms with Gasteiger partial charge in [0.15, 0.2) is 5.96 Å². The van der Waals surface area contributed by atoms with Crippen molar-refractivity contribution in [1.29, 1.82) is 0 Å². The standard InChI is InChI=1S/C17H23BrN4S.HI/c1-4-14-11-21-16(23-14)9-10-20-17(19-2)22(3)12-13-7-5-6-8-15(13)18;/h5-8,11H,4,9-10,12H2,1-3H3,(H,19,20);1H. The van der Waals surface area contributed by atoms with Crippen molar-refractivity contribution in [2.24, 2.45) is 4.99 Å². The lowest BCUT2D eigenvalue weighted by molar-refractivity contribution is 0.476. The highest BCUT2D eigenvalue weighted by Gasteiger charge is 2.09. The van der Waals surface area contributed by atoms with Gasteiger partial charge in [0.2, 0.25) is 0 Å². The number of guanidine groups is 1. The maximum atomic E-state index is 4.45. The largest absolute Gasteiger partial charge is 0.356 e. The van der Waals surface area contributed by atoms with Gasteiger partial charge in [0.25, 0.3) is 0 Å². The molecule has 1 N–H and O–H groups in total. The van der Waals surface area contributed by atoms with Crippen molar-refractivity contribution >= 4 is 57.2 Å². The van der Waals surface area contributed by atoms with Gasteiger partial charge in [-0.05, 0) is 18.1 Å². The average molecular weight is 523 g/mol. The van der Waals surface area contributed by atoms with Crippen LogP contribution in [0.3, 0.4) is 0 Å². The number of nitrogens with one attached hydrogen (secondary N) is 1. The molecule has 0 bridgehead atoms. The molecule has 0 aliphatic carbocycles. The Hall–Kier alpha value is -0.670. The summed E-state index contributed by atoms with van der Waals surface area (Å²) in [6.45, 7) is 3.80. The number of rotatable bonds is 6. The van der Waals surface area contributed by atoms with Gasteiger partial charge in [0.1, 0.15) is 0 Å². The third-order valence-electron chi connectivity index (χ3n) is 3.51. The summed E-state index contributed by atoms with van der Waals surface area (Å²) in [5.41, 5.74) is 1.24. The number of halogens is 2. The second kappa shape index (κ2) is 11.0. The van der Waals surface area contributed by atoms with E-state index in [1.165, 1.54) is 15.4 Å². The van der Waals surface area contributed by atoms with Gasteiger partial charge in [0, 0.05) is 49.2 Å². The Morgan fingerprint density at radius 1 is 1.38 bits per heavy atom. The third kappa shape index (κ3) is 6.33. The summed E-state index contributed by atoms with van der Waals surface area (Å²) in [6, 6.07) is 8.26. The maximum absolute atomic E-state index is 4.45. The van der Waals surface area contributed by atoms with E-state index in [9.17, 15) is 0 Å². The second-order valence-corrected chi connectivity index (χ2v) is 7.30. The first kappa shape index (κ1) is 21.4. The summed E-state index contributed by atoms with van der Waals surface area (Å²) < 4.78 is 1.12. The van der Waals surface area contributed by atoms with Crippen LogP contribution >= 0.6 is 51.2 Å². The van der Waals surface area contributed by atoms with E-state index in [1.807, 2.05) is 26.4 Å². The van der Waals surface area contributed by atoms with E-state index in [-0.39, 0.29) is 24.0 Å². The number of benzene rings is 1. The van der Waals surface area contributed by atoms with Crippen LogP contribution in [0.25, 0.3) is 0 Å². The second-order valence-electron chi connectivity index (χ2n) is 5.25. The normalized spacial score (nSPS) is 11.1. The van der Waals surface area contributed by atoms with E-state index in [2.05, 4.69) is 61.2 Å². The van der Waals surface area contributed by atoms with Gasteiger partial charge in [-0.1, -0.05) is 41.1 Å². The number of aryl methyl sites for hydroxylation is 1. The van der Waals surface area contributed by atoms with Crippen LogP contribution in [-0.2, 0) is 19.4 Å². The molecule has 1 aromatic heterocycles. The molecular formula is C17H24BrIN4S. The molecule has 0 amide bonds. The predicted octanol–water partition coefficient (Wildman–Crippen LogP) is 4.34. The minimum atomic E-state index is 0. The van der Waals surface area contributed by atoms with Gasteiger partial charge in [-0.3, -0.25) is 4.99 Å². The first-order chi connectivity index (χ1) is 11.1. The van der Waals surface area contributed by atoms with E-state index >= 15 is 0 Å². The zero-order valence-corrected chi connectivity index (χ0v) is 19.0. The van der Waals surface area contributed by atoms with E-state index in [1.54, 1.807) is 11.3 Å². The third-order valence-corrected chi connectivity index (χ3v) is 5.49. The fourth-order valence-corrected chi connectivity index (χ4v) is 3.52. The minimum absolute atomic E-state index is 0. The summed E-state index contributed by atoms with van der Waals surface area (Å²) in [5, 5.41) is 4.59. The summed E-state index contributed by atoms with van der Waals surface area (Å²) >= 11 is 5.39. The molecule has 1 heterocycles. The summed E-state index contributed by atoms with van der Waals surface area (Å²) in [6.07, 6.45) is 3.96. The molecule has 4 nitrogen and oxygen atoms in total. The molecule has 7 heteroatoms. The molecule has 0 saturated carbocycles. The zero-order chi connectivity index (χ0) is 16.7. The van der Waals surface area contributed by atoms with Crippen LogP contribution in [0.15, 0.2) is 39.9 Å². The highest BCUT2D eigenvalue weighted by atomic mass is 127. The Bertz CT molecular complexity index is 660. The lowest BCUT2D eigenvalue weighted by Gasteiger charge is -2.22. The number of aromatic nitrogens is 1. The monoisotopic (exact) mass is 522 g/mol. The number of hydrogen-bond donors (Lipinski definition) is 1. The maximum Gasteiger partial charge on any atom is 0.193 e. The fourth-order valence-electron chi connectivity index (χ4n) is 2.25. The van der Waals surface area contributed by atoms with Crippen LogP contribution in [0, 0.1) is 0 Å². The van der Waals surface area contributed by atoms with Crippen LogP contribution in [0.1, 0.15) is 22.4 Å². The molecule has 0 spiro atoms. The van der Waals surface area contributed by atoms with Gasteiger partial charge in [-0.2, -0.15) is 0 Å². The van der Waals surface area contributed by atoms with Crippen LogP contribution in [-0.4, -0.2) is 36.5 Å². The number of aliphatic imine (C=N–C) groups is 1. The molecule has 0 unspecified atom stereocenters. The van der Waals surface area contributed by atoms with Crippen LogP contribution in [0.5, 0.6) is 0 Å². The molecule has 0 aliphatic rings. The Kier molecular flexibility index (Phi) is 9.84. The van der Waals surface area contributed by atoms with Crippen LogP contribution < -0.4 is 5.32 Å². The summed E-state index contributed by atoms with van der Waals surface area (Å²) in [7, 11) is 3.87. The molecule has 0 atom stereocenters. The van der Waals surface area contributed by atoms with E-state index in [4.69, 9.17) is 0 Å². The Morgan fingerprint density at radius 3 is 2.75 bits per heavy atom. The quantitative estimate of drug-likeness (QED) is 0.348. The molecular weight excluding hydrogens is 499 g/mol. The highest BCUT2D eigenvalue weighted by Crippen LogP contribution is 2.17. The van der Waals surface area contributed by atoms with Crippen molar-refractivity contribution in [3.63, 3.8) is 0 Å². The SMILES string of the molecule is CCc1cnc(CCNC(=NC)N(C)Cc2ccccc2Br)s1.I. The lowest BCUT2D eigenvalue weighted by Crippen LogP contribution is -2.39. The number of thiazole rings is 1. The van der Waals surface area contributed by atoms with E-state index in [0.29, 0.717) is 0 Å². The number of nitrogens with zero attached hydrogens (tertiary/aromatic N) is 3. The molecule has 2 rings (SSSR count). The highest BCUT2D eigenvalue weighted by molar-refractivity contribution is 14.0. The minimum Gasteiger partial charge on any atom is -0.356 e. The van der Waals surface area contributed by atoms with Crippen molar-refractivity contribution in [3.8, 4) is 0 Å². The van der Waals surface area contributed by atoms with Crippen molar-refractivity contribution in [2.75, 3.05) is 20.6 Å². The molecule has 24 heavy (non-hydrogen) atoms. The smallest absolute Gasteiger partial charge is 0.193 e. The Morgan fingerprint density at radius 2 is 2.12 bits per heavy atom. The van der Waals surface area contributed by atoms with Crippen molar-refractivity contribution in [3.05, 3.63) is 50.4 Å². The van der Waals surface area contributed by atoms with Gasteiger partial charge in [-0.15, -0.1) is 35.3 Å². The molecule has 2 aromatic rings. The Labute approximate surface area is 173 Å². The summed E-state index contributed by atoms with van der Waals surface area (Å²) in [4.78, 5) is 12.3. The summed E-state index contributed by atoms with van der Waals surface area (Å²) in [5.74, 6) is 0.896. The van der Waals surface area contributed by atoms with Crippen molar-refractivity contribution < 1.29 is 0 Å². The van der Waals surface area contributed by atoms with Gasteiger partial charge < -0.3 is 10.2 Å². The van der Waals surface area contributed by atoms with Gasteiger partial charge in [0.05, 0.1) is 5.01 Å². The van der Waals surface area contributed by atoms with Crippen LogP contribution in [0.4, 0.5) is 0 Å². The molecule has 0 radical (unpaired) electrons. The van der Waals surface area contributed by atoms with Gasteiger partial charge >= 0.3 is 0 Å². The predicted molar refractivity (Wildman–Crippen MR) is 118 cm³/mol.